The maximum Gasteiger partial charge on any atom is 0.364 e. The molecule has 0 aliphatic carbocycles. The number of amides is 2. The molecule has 24 heteroatoms. The maximum atomic E-state index is 12.6. The molecule has 0 aromatic carbocycles. The van der Waals surface area contributed by atoms with Crippen LogP contribution in [0.2, 0.25) is 0 Å². The molecule has 3 fully saturated rings. The SMILES string of the molecule is CC(=O)N[C@H]1[C@H]([C@H](O)[C@H](O)CO)O[C@@](OC[C@H]2O[C@@H](O)[C@H](O)[C@@H](O[C@]3(C(=O)O)C[C@H](O)[C@@H](NC(C)=O)[C@H]([C@H](O)[C@H](O)CO)O3)[C@H]2O)(C(=O)O)C[C@@H]1O. The Kier molecular flexibility index (Phi) is 14.8. The normalized spacial score (nSPS) is 40.5. The summed E-state index contributed by atoms with van der Waals surface area (Å²) in [7, 11) is 0. The van der Waals surface area contributed by atoms with Crippen LogP contribution >= 0.6 is 0 Å². The van der Waals surface area contributed by atoms with Gasteiger partial charge in [-0.2, -0.15) is 0 Å². The summed E-state index contributed by atoms with van der Waals surface area (Å²) in [6.45, 7) is -1.27. The third-order valence-corrected chi connectivity index (χ3v) is 8.84. The molecule has 0 aromatic heterocycles. The second-order valence-corrected chi connectivity index (χ2v) is 12.7. The van der Waals surface area contributed by atoms with Gasteiger partial charge in [0.05, 0.1) is 44.1 Å². The number of carboxylic acids is 2. The van der Waals surface area contributed by atoms with E-state index in [0.717, 1.165) is 13.8 Å². The Bertz CT molecular complexity index is 1260. The van der Waals surface area contributed by atoms with E-state index < -0.39 is 160 Å². The fourth-order valence-corrected chi connectivity index (χ4v) is 6.16. The number of hydrogen-bond donors (Lipinski definition) is 15. The molecule has 0 aromatic rings. The van der Waals surface area contributed by atoms with Crippen LogP contribution in [0.4, 0.5) is 0 Å². The van der Waals surface area contributed by atoms with Gasteiger partial charge in [0.15, 0.2) is 6.29 Å². The molecule has 3 heterocycles. The third-order valence-electron chi connectivity index (χ3n) is 8.84. The summed E-state index contributed by atoms with van der Waals surface area (Å²) in [5, 5.41) is 139. The third kappa shape index (κ3) is 9.30. The highest BCUT2D eigenvalue weighted by atomic mass is 16.8. The molecule has 3 aliphatic heterocycles. The molecule has 300 valence electrons. The van der Waals surface area contributed by atoms with Gasteiger partial charge in [0.2, 0.25) is 11.8 Å². The molecule has 2 amide bonds. The Morgan fingerprint density at radius 2 is 1.15 bits per heavy atom. The van der Waals surface area contributed by atoms with E-state index in [1.807, 2.05) is 0 Å². The lowest BCUT2D eigenvalue weighted by Gasteiger charge is -2.50. The highest BCUT2D eigenvalue weighted by Crippen LogP contribution is 2.38. The van der Waals surface area contributed by atoms with Crippen molar-refractivity contribution in [2.75, 3.05) is 19.8 Å². The Morgan fingerprint density at radius 1 is 0.731 bits per heavy atom. The molecular weight excluding hydrogens is 716 g/mol. The molecule has 24 nitrogen and oxygen atoms in total. The van der Waals surface area contributed by atoms with Crippen LogP contribution in [0, 0.1) is 0 Å². The number of hydrogen-bond acceptors (Lipinski definition) is 20. The van der Waals surface area contributed by atoms with E-state index in [4.69, 9.17) is 23.7 Å². The summed E-state index contributed by atoms with van der Waals surface area (Å²) in [6, 6.07) is -3.16. The summed E-state index contributed by atoms with van der Waals surface area (Å²) >= 11 is 0. The topological polar surface area (TPSA) is 401 Å². The van der Waals surface area contributed by atoms with Gasteiger partial charge in [0.25, 0.3) is 11.6 Å². The zero-order valence-corrected chi connectivity index (χ0v) is 27.7. The van der Waals surface area contributed by atoms with E-state index in [2.05, 4.69) is 10.6 Å². The van der Waals surface area contributed by atoms with E-state index in [0.29, 0.717) is 0 Å². The molecule has 3 aliphatic rings. The Hall–Kier alpha value is -2.76. The average molecular weight is 763 g/mol. The van der Waals surface area contributed by atoms with E-state index in [1.165, 1.54) is 0 Å². The lowest BCUT2D eigenvalue weighted by Crippen LogP contribution is -2.70. The van der Waals surface area contributed by atoms with Crippen molar-refractivity contribution >= 4 is 23.8 Å². The van der Waals surface area contributed by atoms with E-state index in [-0.39, 0.29) is 0 Å². The number of rotatable bonds is 15. The van der Waals surface area contributed by atoms with Crippen LogP contribution in [0.25, 0.3) is 0 Å². The van der Waals surface area contributed by atoms with Gasteiger partial charge in [-0.15, -0.1) is 0 Å². The molecule has 0 spiro atoms. The highest BCUT2D eigenvalue weighted by Gasteiger charge is 2.60. The molecule has 15 N–H and O–H groups in total. The van der Waals surface area contributed by atoms with Crippen LogP contribution in [0.15, 0.2) is 0 Å². The monoisotopic (exact) mass is 762 g/mol. The first-order valence-corrected chi connectivity index (χ1v) is 15.8. The number of aliphatic hydroxyl groups is 11. The maximum absolute atomic E-state index is 12.6. The second-order valence-electron chi connectivity index (χ2n) is 12.7. The number of ether oxygens (including phenoxy) is 5. The molecule has 0 bridgehead atoms. The summed E-state index contributed by atoms with van der Waals surface area (Å²) in [6.07, 6.45) is -29.2. The zero-order valence-electron chi connectivity index (χ0n) is 27.7. The second kappa shape index (κ2) is 17.6. The van der Waals surface area contributed by atoms with E-state index >= 15 is 0 Å². The summed E-state index contributed by atoms with van der Waals surface area (Å²) in [5.74, 6) is -11.6. The summed E-state index contributed by atoms with van der Waals surface area (Å²) in [5.41, 5.74) is 0. The highest BCUT2D eigenvalue weighted by molar-refractivity contribution is 5.77. The minimum atomic E-state index is -3.13. The Balaban J connectivity index is 1.92. The number of carboxylic acid groups (broad SMARTS) is 2. The number of aliphatic hydroxyl groups excluding tert-OH is 11. The lowest BCUT2D eigenvalue weighted by atomic mass is 9.88. The number of carbonyl (C=O) groups is 4. The predicted octanol–water partition coefficient (Wildman–Crippen LogP) is -8.87. The van der Waals surface area contributed by atoms with E-state index in [9.17, 15) is 85.6 Å². The van der Waals surface area contributed by atoms with Crippen LogP contribution in [-0.2, 0) is 42.9 Å². The van der Waals surface area contributed by atoms with Gasteiger partial charge in [-0.05, 0) is 0 Å². The van der Waals surface area contributed by atoms with E-state index in [1.54, 1.807) is 0 Å². The lowest BCUT2D eigenvalue weighted by molar-refractivity contribution is -0.372. The summed E-state index contributed by atoms with van der Waals surface area (Å²) < 4.78 is 27.0. The van der Waals surface area contributed by atoms with Crippen LogP contribution in [0.5, 0.6) is 0 Å². The largest absolute Gasteiger partial charge is 0.477 e. The first-order valence-electron chi connectivity index (χ1n) is 15.8. The minimum Gasteiger partial charge on any atom is -0.477 e. The quantitative estimate of drug-likeness (QED) is 0.0736. The van der Waals surface area contributed by atoms with Crippen molar-refractivity contribution in [1.82, 2.24) is 10.6 Å². The van der Waals surface area contributed by atoms with Gasteiger partial charge in [-0.1, -0.05) is 0 Å². The van der Waals surface area contributed by atoms with Gasteiger partial charge in [0.1, 0.15) is 61.0 Å². The zero-order chi connectivity index (χ0) is 39.5. The van der Waals surface area contributed by atoms with Gasteiger partial charge in [0, 0.05) is 26.7 Å². The van der Waals surface area contributed by atoms with Crippen LogP contribution < -0.4 is 10.6 Å². The molecule has 17 atom stereocenters. The molecular formula is C28H46N2O22. The summed E-state index contributed by atoms with van der Waals surface area (Å²) in [4.78, 5) is 48.7. The Morgan fingerprint density at radius 3 is 1.56 bits per heavy atom. The minimum absolute atomic E-state index is 0.769. The first kappa shape index (κ1) is 43.6. The molecule has 0 radical (unpaired) electrons. The van der Waals surface area contributed by atoms with Gasteiger partial charge in [-0.3, -0.25) is 9.59 Å². The van der Waals surface area contributed by atoms with Crippen molar-refractivity contribution in [3.63, 3.8) is 0 Å². The van der Waals surface area contributed by atoms with Crippen LogP contribution in [0.1, 0.15) is 26.7 Å². The predicted molar refractivity (Wildman–Crippen MR) is 159 cm³/mol. The molecule has 52 heavy (non-hydrogen) atoms. The van der Waals surface area contributed by atoms with Gasteiger partial charge < -0.3 is 101 Å². The van der Waals surface area contributed by atoms with Gasteiger partial charge >= 0.3 is 11.9 Å². The van der Waals surface area contributed by atoms with Crippen molar-refractivity contribution in [1.29, 1.82) is 0 Å². The van der Waals surface area contributed by atoms with Crippen molar-refractivity contribution in [2.24, 2.45) is 0 Å². The van der Waals surface area contributed by atoms with Gasteiger partial charge in [-0.25, -0.2) is 9.59 Å². The number of nitrogens with one attached hydrogen (secondary N) is 2. The molecule has 3 rings (SSSR count). The molecule has 3 saturated heterocycles. The van der Waals surface area contributed by atoms with Crippen molar-refractivity contribution in [2.45, 2.75) is 130 Å². The molecule has 0 unspecified atom stereocenters. The smallest absolute Gasteiger partial charge is 0.364 e. The molecule has 0 saturated carbocycles. The van der Waals surface area contributed by atoms with Crippen molar-refractivity contribution in [3.8, 4) is 0 Å². The standard InChI is InChI=1S/C28H46N2O22/c1-8(33)29-15-10(35)3-27(25(44)45,50-21(15)17(39)12(37)5-31)48-7-14-19(41)23(20(42)24(43)49-14)52-28(26(46)47)4-11(36)16(30-9(2)34)22(51-28)18(40)13(38)6-32/h10-24,31-32,35-43H,3-7H2,1-2H3,(H,29,33)(H,30,34)(H,44,45)(H,46,47)/t10-,11-,12+,13+,14+,15+,16+,17+,18+,19-,20+,21+,22+,23-,24+,27+,28-/m0/s1. The number of carbonyl (C=O) groups excluding carboxylic acids is 2. The number of aliphatic carboxylic acids is 2. The van der Waals surface area contributed by atoms with Crippen LogP contribution in [-0.4, -0.2) is 213 Å². The van der Waals surface area contributed by atoms with Crippen molar-refractivity contribution in [3.05, 3.63) is 0 Å². The fourth-order valence-electron chi connectivity index (χ4n) is 6.16. The first-order chi connectivity index (χ1) is 24.1. The van der Waals surface area contributed by atoms with Crippen LogP contribution in [0.3, 0.4) is 0 Å². The fraction of sp³-hybridized carbons (Fsp3) is 0.857. The Labute approximate surface area is 293 Å². The average Bonchev–Trinajstić information content (AvgIpc) is 3.07. The van der Waals surface area contributed by atoms with Crippen molar-refractivity contribution < 1.29 is 109 Å².